The first-order valence-corrected chi connectivity index (χ1v) is 8.58. The second kappa shape index (κ2) is 5.43. The van der Waals surface area contributed by atoms with Crippen molar-refractivity contribution >= 4 is 21.6 Å². The van der Waals surface area contributed by atoms with Crippen molar-refractivity contribution in [3.63, 3.8) is 0 Å². The maximum atomic E-state index is 12.4. The van der Waals surface area contributed by atoms with Gasteiger partial charge in [-0.15, -0.1) is 11.6 Å². The molecule has 0 atom stereocenters. The Morgan fingerprint density at radius 3 is 2.37 bits per heavy atom. The van der Waals surface area contributed by atoms with E-state index in [0.717, 1.165) is 36.8 Å². The summed E-state index contributed by atoms with van der Waals surface area (Å²) in [7, 11) is -3.49. The van der Waals surface area contributed by atoms with Gasteiger partial charge in [0.05, 0.1) is 4.90 Å². The zero-order chi connectivity index (χ0) is 14.1. The van der Waals surface area contributed by atoms with Crippen LogP contribution in [-0.4, -0.2) is 19.8 Å². The molecule has 0 spiro atoms. The van der Waals surface area contributed by atoms with E-state index in [1.807, 2.05) is 19.9 Å². The molecule has 1 aliphatic carbocycles. The van der Waals surface area contributed by atoms with Gasteiger partial charge >= 0.3 is 0 Å². The van der Waals surface area contributed by atoms with Gasteiger partial charge in [-0.3, -0.25) is 0 Å². The molecule has 0 unspecified atom stereocenters. The van der Waals surface area contributed by atoms with Crippen LogP contribution in [0, 0.1) is 13.8 Å². The molecule has 1 aromatic rings. The highest BCUT2D eigenvalue weighted by Crippen LogP contribution is 2.32. The SMILES string of the molecule is Cc1ccc(S(=O)(=O)NC2(CCl)CCCC2)cc1C. The van der Waals surface area contributed by atoms with Crippen molar-refractivity contribution in [2.24, 2.45) is 0 Å². The number of hydrogen-bond acceptors (Lipinski definition) is 2. The van der Waals surface area contributed by atoms with Crippen molar-refractivity contribution in [3.05, 3.63) is 29.3 Å². The van der Waals surface area contributed by atoms with Crippen molar-refractivity contribution in [2.45, 2.75) is 50.0 Å². The summed E-state index contributed by atoms with van der Waals surface area (Å²) < 4.78 is 27.7. The van der Waals surface area contributed by atoms with E-state index in [1.54, 1.807) is 12.1 Å². The summed E-state index contributed by atoms with van der Waals surface area (Å²) in [6.45, 7) is 3.89. The monoisotopic (exact) mass is 301 g/mol. The van der Waals surface area contributed by atoms with Gasteiger partial charge in [-0.1, -0.05) is 18.9 Å². The third-order valence-corrected chi connectivity index (χ3v) is 6.04. The predicted molar refractivity (Wildman–Crippen MR) is 78.2 cm³/mol. The Morgan fingerprint density at radius 1 is 1.21 bits per heavy atom. The van der Waals surface area contributed by atoms with E-state index in [4.69, 9.17) is 11.6 Å². The van der Waals surface area contributed by atoms with Crippen molar-refractivity contribution < 1.29 is 8.42 Å². The first-order valence-electron chi connectivity index (χ1n) is 6.56. The summed E-state index contributed by atoms with van der Waals surface area (Å²) in [5.41, 5.74) is 1.61. The van der Waals surface area contributed by atoms with E-state index in [1.165, 1.54) is 0 Å². The lowest BCUT2D eigenvalue weighted by Crippen LogP contribution is -2.47. The van der Waals surface area contributed by atoms with Crippen LogP contribution >= 0.6 is 11.6 Å². The van der Waals surface area contributed by atoms with Crippen LogP contribution < -0.4 is 4.72 Å². The number of alkyl halides is 1. The highest BCUT2D eigenvalue weighted by molar-refractivity contribution is 7.89. The van der Waals surface area contributed by atoms with E-state index >= 15 is 0 Å². The Morgan fingerprint density at radius 2 is 1.84 bits per heavy atom. The van der Waals surface area contributed by atoms with Crippen LogP contribution in [0.3, 0.4) is 0 Å². The Bertz CT molecular complexity index is 563. The normalized spacial score (nSPS) is 18.7. The first-order chi connectivity index (χ1) is 8.88. The molecule has 3 nitrogen and oxygen atoms in total. The van der Waals surface area contributed by atoms with E-state index in [-0.39, 0.29) is 0 Å². The van der Waals surface area contributed by atoms with E-state index < -0.39 is 15.6 Å². The summed E-state index contributed by atoms with van der Waals surface area (Å²) in [5, 5.41) is 0. The number of sulfonamides is 1. The molecule has 0 bridgehead atoms. The molecule has 0 saturated heterocycles. The quantitative estimate of drug-likeness (QED) is 0.869. The molecule has 1 aliphatic rings. The number of hydrogen-bond donors (Lipinski definition) is 1. The standard InChI is InChI=1S/C14H20ClNO2S/c1-11-5-6-13(9-12(11)2)19(17,18)16-14(10-15)7-3-4-8-14/h5-6,9,16H,3-4,7-8,10H2,1-2H3. The molecule has 106 valence electrons. The molecule has 0 radical (unpaired) electrons. The Hall–Kier alpha value is -0.580. The van der Waals surface area contributed by atoms with Gasteiger partial charge in [-0.25, -0.2) is 13.1 Å². The molecule has 0 amide bonds. The van der Waals surface area contributed by atoms with Crippen molar-refractivity contribution in [2.75, 3.05) is 5.88 Å². The van der Waals surface area contributed by atoms with Gasteiger partial charge in [0.2, 0.25) is 10.0 Å². The van der Waals surface area contributed by atoms with Crippen molar-refractivity contribution in [1.29, 1.82) is 0 Å². The molecule has 19 heavy (non-hydrogen) atoms. The van der Waals surface area contributed by atoms with Gasteiger partial charge in [0.25, 0.3) is 0 Å². The predicted octanol–water partition coefficient (Wildman–Crippen LogP) is 3.13. The lowest BCUT2D eigenvalue weighted by atomic mass is 10.0. The molecule has 0 heterocycles. The lowest BCUT2D eigenvalue weighted by Gasteiger charge is -2.27. The van der Waals surface area contributed by atoms with E-state index in [2.05, 4.69) is 4.72 Å². The van der Waals surface area contributed by atoms with E-state index in [0.29, 0.717) is 10.8 Å². The maximum Gasteiger partial charge on any atom is 0.241 e. The Labute approximate surface area is 120 Å². The number of benzene rings is 1. The largest absolute Gasteiger partial charge is 0.241 e. The smallest absolute Gasteiger partial charge is 0.207 e. The van der Waals surface area contributed by atoms with Crippen LogP contribution in [0.5, 0.6) is 0 Å². The fourth-order valence-electron chi connectivity index (χ4n) is 2.54. The number of rotatable bonds is 4. The van der Waals surface area contributed by atoms with Gasteiger partial charge in [0.1, 0.15) is 0 Å². The molecule has 1 N–H and O–H groups in total. The third-order valence-electron chi connectivity index (χ3n) is 3.96. The number of nitrogens with one attached hydrogen (secondary N) is 1. The molecule has 1 aromatic carbocycles. The molecule has 1 saturated carbocycles. The Kier molecular flexibility index (Phi) is 4.23. The summed E-state index contributed by atoms with van der Waals surface area (Å²) in [4.78, 5) is 0.326. The Balaban J connectivity index is 2.29. The topological polar surface area (TPSA) is 46.2 Å². The summed E-state index contributed by atoms with van der Waals surface area (Å²) >= 11 is 5.99. The van der Waals surface area contributed by atoms with Crippen LogP contribution in [0.4, 0.5) is 0 Å². The highest BCUT2D eigenvalue weighted by Gasteiger charge is 2.37. The summed E-state index contributed by atoms with van der Waals surface area (Å²) in [6, 6.07) is 5.21. The lowest BCUT2D eigenvalue weighted by molar-refractivity contribution is 0.433. The molecule has 0 aromatic heterocycles. The van der Waals surface area contributed by atoms with Crippen LogP contribution in [0.2, 0.25) is 0 Å². The van der Waals surface area contributed by atoms with Gasteiger partial charge in [-0.05, 0) is 49.9 Å². The van der Waals surface area contributed by atoms with Crippen LogP contribution in [-0.2, 0) is 10.0 Å². The molecular weight excluding hydrogens is 282 g/mol. The highest BCUT2D eigenvalue weighted by atomic mass is 35.5. The first kappa shape index (κ1) is 14.8. The molecular formula is C14H20ClNO2S. The molecule has 5 heteroatoms. The summed E-state index contributed by atoms with van der Waals surface area (Å²) in [5.74, 6) is 0.330. The molecule has 0 aliphatic heterocycles. The van der Waals surface area contributed by atoms with Gasteiger partial charge < -0.3 is 0 Å². The minimum absolute atomic E-state index is 0.326. The van der Waals surface area contributed by atoms with Crippen LogP contribution in [0.1, 0.15) is 36.8 Å². The van der Waals surface area contributed by atoms with Crippen molar-refractivity contribution in [3.8, 4) is 0 Å². The van der Waals surface area contributed by atoms with Crippen LogP contribution in [0.15, 0.2) is 23.1 Å². The van der Waals surface area contributed by atoms with Crippen LogP contribution in [0.25, 0.3) is 0 Å². The molecule has 2 rings (SSSR count). The maximum absolute atomic E-state index is 12.4. The molecule has 1 fully saturated rings. The number of aryl methyl sites for hydroxylation is 2. The van der Waals surface area contributed by atoms with Gasteiger partial charge in [0.15, 0.2) is 0 Å². The van der Waals surface area contributed by atoms with E-state index in [9.17, 15) is 8.42 Å². The van der Waals surface area contributed by atoms with Gasteiger partial charge in [-0.2, -0.15) is 0 Å². The second-order valence-electron chi connectivity index (χ2n) is 5.47. The van der Waals surface area contributed by atoms with Crippen molar-refractivity contribution in [1.82, 2.24) is 4.72 Å². The third kappa shape index (κ3) is 3.12. The number of halogens is 1. The van der Waals surface area contributed by atoms with Gasteiger partial charge in [0, 0.05) is 11.4 Å². The second-order valence-corrected chi connectivity index (χ2v) is 7.42. The minimum atomic E-state index is -3.49. The minimum Gasteiger partial charge on any atom is -0.207 e. The fourth-order valence-corrected chi connectivity index (χ4v) is 4.50. The zero-order valence-electron chi connectivity index (χ0n) is 11.4. The zero-order valence-corrected chi connectivity index (χ0v) is 12.9. The average Bonchev–Trinajstić information content (AvgIpc) is 2.81. The summed E-state index contributed by atoms with van der Waals surface area (Å²) in [6.07, 6.45) is 3.70. The fraction of sp³-hybridized carbons (Fsp3) is 0.571. The average molecular weight is 302 g/mol.